The lowest BCUT2D eigenvalue weighted by Gasteiger charge is -2.21. The molecule has 0 atom stereocenters. The van der Waals surface area contributed by atoms with Gasteiger partial charge in [0.05, 0.1) is 11.0 Å². The van der Waals surface area contributed by atoms with Crippen LogP contribution in [0.2, 0.25) is 0 Å². The summed E-state index contributed by atoms with van der Waals surface area (Å²) in [7, 11) is 0. The maximum atomic E-state index is 6.45. The number of nitrogens with zero attached hydrogens (tertiary/aromatic N) is 1. The van der Waals surface area contributed by atoms with Gasteiger partial charge in [-0.05, 0) is 162 Å². The average molecular weight is 1410 g/mol. The van der Waals surface area contributed by atoms with Gasteiger partial charge in [0.25, 0.3) is 0 Å². The molecule has 22 rings (SSSR count). The maximum absolute atomic E-state index is 6.45. The number of thiophene rings is 1. The number of fused-ring (bicyclic) bond motifs is 15. The van der Waals surface area contributed by atoms with Gasteiger partial charge in [0.15, 0.2) is 0 Å². The van der Waals surface area contributed by atoms with Crippen LogP contribution in [0.4, 0.5) is 0 Å². The fraction of sp³-hybridized carbons (Fsp3) is 0.0377. The lowest BCUT2D eigenvalue weighted by Crippen LogP contribution is -2.10. The van der Waals surface area contributed by atoms with Crippen molar-refractivity contribution in [2.75, 3.05) is 0 Å². The summed E-state index contributed by atoms with van der Waals surface area (Å²) in [5.41, 5.74) is 22.2. The van der Waals surface area contributed by atoms with E-state index < -0.39 is 0 Å². The Morgan fingerprint density at radius 1 is 0.229 bits per heavy atom. The SMILES string of the molecule is CC(C)(C)c1ccc(-c2c3ccccc3c(-c3cccc4c3sc3ccccc34)c3ccccc23)cc1.c1ccc(-c2c3ccccc3c(-c3ccc(-n4c5ccccc5c5ccccc54)cc3)c3ccccc23)cc1.c1ccc(-c2c3ccccc3c(-c3cccc4c3oc3ccccc34)c3ccccc23)cc1. The third-order valence-electron chi connectivity index (χ3n) is 22.3. The fourth-order valence-corrected chi connectivity index (χ4v) is 18.6. The lowest BCUT2D eigenvalue weighted by atomic mass is 9.83. The van der Waals surface area contributed by atoms with E-state index in [1.807, 2.05) is 23.5 Å². The number of aromatic nitrogens is 1. The quantitative estimate of drug-likeness (QED) is 0.145. The van der Waals surface area contributed by atoms with E-state index in [1.54, 1.807) is 0 Å². The molecule has 0 bridgehead atoms. The normalized spacial score (nSPS) is 11.8. The molecule has 3 heterocycles. The van der Waals surface area contributed by atoms with Crippen LogP contribution < -0.4 is 0 Å². The first-order chi connectivity index (χ1) is 53.8. The number of benzene rings is 19. The predicted octanol–water partition coefficient (Wildman–Crippen LogP) is 30.6. The van der Waals surface area contributed by atoms with E-state index in [0.29, 0.717) is 0 Å². The molecule has 19 aromatic carbocycles. The second-order valence-corrected chi connectivity index (χ2v) is 30.6. The molecule has 0 amide bonds. The van der Waals surface area contributed by atoms with Crippen LogP contribution in [0.15, 0.2) is 393 Å². The fourth-order valence-electron chi connectivity index (χ4n) is 17.4. The van der Waals surface area contributed by atoms with E-state index in [2.05, 4.69) is 401 Å². The van der Waals surface area contributed by atoms with Gasteiger partial charge < -0.3 is 8.98 Å². The molecule has 0 unspecified atom stereocenters. The molecule has 109 heavy (non-hydrogen) atoms. The van der Waals surface area contributed by atoms with Gasteiger partial charge >= 0.3 is 0 Å². The minimum absolute atomic E-state index is 0.134. The summed E-state index contributed by atoms with van der Waals surface area (Å²) in [5.74, 6) is 0. The first-order valence-electron chi connectivity index (χ1n) is 37.7. The molecule has 0 N–H and O–H groups in total. The summed E-state index contributed by atoms with van der Waals surface area (Å²) < 4.78 is 11.5. The molecule has 0 aliphatic heterocycles. The summed E-state index contributed by atoms with van der Waals surface area (Å²) in [6.45, 7) is 6.82. The van der Waals surface area contributed by atoms with Gasteiger partial charge in [0.1, 0.15) is 11.2 Å². The third kappa shape index (κ3) is 11.1. The molecular weight excluding hydrogens is 1340 g/mol. The van der Waals surface area contributed by atoms with Crippen LogP contribution in [0.5, 0.6) is 0 Å². The highest BCUT2D eigenvalue weighted by Crippen LogP contribution is 2.51. The Morgan fingerprint density at radius 3 is 0.972 bits per heavy atom. The molecule has 22 aromatic rings. The van der Waals surface area contributed by atoms with Crippen molar-refractivity contribution < 1.29 is 4.42 Å². The molecule has 3 aromatic heterocycles. The highest BCUT2D eigenvalue weighted by atomic mass is 32.1. The van der Waals surface area contributed by atoms with Gasteiger partial charge in [0.2, 0.25) is 0 Å². The zero-order valence-electron chi connectivity index (χ0n) is 60.7. The van der Waals surface area contributed by atoms with Crippen LogP contribution in [0.25, 0.3) is 201 Å². The molecule has 2 nitrogen and oxygen atoms in total. The number of hydrogen-bond donors (Lipinski definition) is 0. The number of rotatable bonds is 7. The molecule has 0 saturated carbocycles. The van der Waals surface area contributed by atoms with Crippen molar-refractivity contribution in [1.82, 2.24) is 4.57 Å². The zero-order valence-corrected chi connectivity index (χ0v) is 61.5. The Labute approximate surface area is 636 Å². The molecular formula is C106H73NOS. The molecule has 0 aliphatic carbocycles. The summed E-state index contributed by atoms with van der Waals surface area (Å²) in [6.07, 6.45) is 0. The standard InChI is InChI=1S/C38H25N.C36H28S.C32H20O/c1-2-12-26(13-3-1)37-31-16-4-6-18-33(31)38(34-19-7-5-17-32(34)37)27-22-24-28(25-23-27)39-35-20-10-8-14-29(35)30-15-9-11-21-36(30)39;1-36(2,3)24-21-19-23(20-22-24)33-26-12-4-6-14-28(26)34(29-15-7-5-13-27(29)33)31-17-10-16-30-25-11-8-9-18-32(25)37-35(30)31;1-2-11-21(12-3-1)30-23-14-4-6-16-25(23)31(26-17-7-5-15-24(26)30)28-19-10-18-27-22-13-8-9-20-29(22)33-32(27)28/h1-25H;4-22H,1-3H3;1-20H. The van der Waals surface area contributed by atoms with Crippen LogP contribution in [0.1, 0.15) is 26.3 Å². The van der Waals surface area contributed by atoms with Gasteiger partial charge in [-0.15, -0.1) is 11.3 Å². The van der Waals surface area contributed by atoms with Gasteiger partial charge in [0, 0.05) is 64.1 Å². The van der Waals surface area contributed by atoms with Gasteiger partial charge in [-0.1, -0.05) is 373 Å². The molecule has 514 valence electrons. The summed E-state index contributed by atoms with van der Waals surface area (Å²) in [4.78, 5) is 0. The largest absolute Gasteiger partial charge is 0.455 e. The smallest absolute Gasteiger partial charge is 0.143 e. The minimum Gasteiger partial charge on any atom is -0.455 e. The monoisotopic (exact) mass is 1410 g/mol. The van der Waals surface area contributed by atoms with E-state index >= 15 is 0 Å². The molecule has 0 spiro atoms. The molecule has 0 radical (unpaired) electrons. The Bertz CT molecular complexity index is 7070. The van der Waals surface area contributed by atoms with Crippen molar-refractivity contribution in [3.8, 4) is 72.4 Å². The highest BCUT2D eigenvalue weighted by molar-refractivity contribution is 7.26. The van der Waals surface area contributed by atoms with Crippen molar-refractivity contribution in [1.29, 1.82) is 0 Å². The summed E-state index contributed by atoms with van der Waals surface area (Å²) >= 11 is 1.90. The van der Waals surface area contributed by atoms with E-state index in [1.165, 1.54) is 179 Å². The van der Waals surface area contributed by atoms with E-state index in [-0.39, 0.29) is 5.41 Å². The van der Waals surface area contributed by atoms with Crippen LogP contribution >= 0.6 is 11.3 Å². The average Bonchev–Trinajstić information content (AvgIpc) is 1.27. The third-order valence-corrected chi connectivity index (χ3v) is 23.5. The Kier molecular flexibility index (Phi) is 16.0. The van der Waals surface area contributed by atoms with Crippen molar-refractivity contribution in [3.05, 3.63) is 394 Å². The molecule has 3 heteroatoms. The van der Waals surface area contributed by atoms with Crippen molar-refractivity contribution in [2.24, 2.45) is 0 Å². The first-order valence-corrected chi connectivity index (χ1v) is 38.5. The van der Waals surface area contributed by atoms with Crippen LogP contribution in [-0.2, 0) is 5.41 Å². The maximum Gasteiger partial charge on any atom is 0.143 e. The van der Waals surface area contributed by atoms with Crippen molar-refractivity contribution in [3.63, 3.8) is 0 Å². The van der Waals surface area contributed by atoms with E-state index in [0.717, 1.165) is 27.5 Å². The van der Waals surface area contributed by atoms with E-state index in [9.17, 15) is 0 Å². The topological polar surface area (TPSA) is 18.1 Å². The number of furan rings is 1. The highest BCUT2D eigenvalue weighted by Gasteiger charge is 2.24. The Balaban J connectivity index is 0.000000108. The van der Waals surface area contributed by atoms with Gasteiger partial charge in [-0.3, -0.25) is 0 Å². The number of hydrogen-bond acceptors (Lipinski definition) is 2. The minimum atomic E-state index is 0.134. The number of para-hydroxylation sites is 4. The Hall–Kier alpha value is -13.4. The molecule has 0 saturated heterocycles. The second kappa shape index (κ2) is 26.9. The van der Waals surface area contributed by atoms with Crippen molar-refractivity contribution in [2.45, 2.75) is 26.2 Å². The first kappa shape index (κ1) is 65.1. The Morgan fingerprint density at radius 2 is 0.541 bits per heavy atom. The van der Waals surface area contributed by atoms with E-state index in [4.69, 9.17) is 4.42 Å². The molecule has 0 fully saturated rings. The summed E-state index contributed by atoms with van der Waals surface area (Å²) in [5, 5.41) is 22.9. The van der Waals surface area contributed by atoms with Crippen LogP contribution in [-0.4, -0.2) is 4.57 Å². The predicted molar refractivity (Wildman–Crippen MR) is 470 cm³/mol. The lowest BCUT2D eigenvalue weighted by molar-refractivity contribution is 0.590. The van der Waals surface area contributed by atoms with Gasteiger partial charge in [-0.25, -0.2) is 0 Å². The van der Waals surface area contributed by atoms with Crippen LogP contribution in [0.3, 0.4) is 0 Å². The summed E-state index contributed by atoms with van der Waals surface area (Å²) in [6, 6.07) is 141. The van der Waals surface area contributed by atoms with Crippen molar-refractivity contribution >= 4 is 140 Å². The zero-order chi connectivity index (χ0) is 72.7. The van der Waals surface area contributed by atoms with Crippen LogP contribution in [0, 0.1) is 0 Å². The second-order valence-electron chi connectivity index (χ2n) is 29.6. The van der Waals surface area contributed by atoms with Gasteiger partial charge in [-0.2, -0.15) is 0 Å². The molecule has 0 aliphatic rings.